The molecule has 15 heavy (non-hydrogen) atoms. The van der Waals surface area contributed by atoms with E-state index >= 15 is 0 Å². The molecule has 1 aromatic rings. The van der Waals surface area contributed by atoms with Crippen LogP contribution in [0.1, 0.15) is 12.5 Å². The number of hydrogen-bond acceptors (Lipinski definition) is 4. The van der Waals surface area contributed by atoms with Crippen molar-refractivity contribution in [2.75, 3.05) is 0 Å². The molecule has 4 nitrogen and oxygen atoms in total. The molecule has 6 heteroatoms. The van der Waals surface area contributed by atoms with Crippen LogP contribution in [-0.4, -0.2) is 17.0 Å². The van der Waals surface area contributed by atoms with E-state index in [1.165, 1.54) is 0 Å². The van der Waals surface area contributed by atoms with Gasteiger partial charge in [0.15, 0.2) is 0 Å². The Morgan fingerprint density at radius 1 is 1.60 bits per heavy atom. The summed E-state index contributed by atoms with van der Waals surface area (Å²) in [6, 6.07) is 3.05. The lowest BCUT2D eigenvalue weighted by Crippen LogP contribution is -2.28. The van der Waals surface area contributed by atoms with Crippen LogP contribution in [0.3, 0.4) is 0 Å². The second kappa shape index (κ2) is 8.47. The molecule has 1 aromatic heterocycles. The standard InChI is InChI=1S/C9H12N2O2.2ClH/c1-7(10)9(12)13-6-8-3-2-4-11-5-8;;/h2-5,7H,6,10H2,1H3;2*1H/t7-;;/m0../s1. The third kappa shape index (κ3) is 6.28. The fourth-order valence-electron chi connectivity index (χ4n) is 0.769. The molecule has 0 spiro atoms. The molecular weight excluding hydrogens is 239 g/mol. The van der Waals surface area contributed by atoms with Gasteiger partial charge in [-0.15, -0.1) is 24.8 Å². The number of pyridine rings is 1. The molecule has 0 aliphatic carbocycles. The molecule has 0 aromatic carbocycles. The predicted molar refractivity (Wildman–Crippen MR) is 62.2 cm³/mol. The summed E-state index contributed by atoms with van der Waals surface area (Å²) in [4.78, 5) is 14.8. The largest absolute Gasteiger partial charge is 0.460 e. The van der Waals surface area contributed by atoms with Crippen molar-refractivity contribution in [2.45, 2.75) is 19.6 Å². The number of hydrogen-bond donors (Lipinski definition) is 1. The number of aromatic nitrogens is 1. The Kier molecular flexibility index (Phi) is 9.36. The van der Waals surface area contributed by atoms with Crippen LogP contribution >= 0.6 is 24.8 Å². The Morgan fingerprint density at radius 2 is 2.27 bits per heavy atom. The van der Waals surface area contributed by atoms with Crippen LogP contribution in [0.15, 0.2) is 24.5 Å². The first-order valence-corrected chi connectivity index (χ1v) is 4.01. The Balaban J connectivity index is 0. The number of nitrogens with zero attached hydrogens (tertiary/aromatic N) is 1. The van der Waals surface area contributed by atoms with Gasteiger partial charge in [0.2, 0.25) is 0 Å². The molecule has 0 aliphatic rings. The Morgan fingerprint density at radius 3 is 2.73 bits per heavy atom. The average Bonchev–Trinajstić information content (AvgIpc) is 2.15. The van der Waals surface area contributed by atoms with E-state index in [0.717, 1.165) is 5.56 Å². The normalized spacial score (nSPS) is 10.5. The van der Waals surface area contributed by atoms with Crippen LogP contribution in [0.5, 0.6) is 0 Å². The molecule has 0 bridgehead atoms. The zero-order valence-electron chi connectivity index (χ0n) is 8.25. The first kappa shape index (κ1) is 16.6. The van der Waals surface area contributed by atoms with Gasteiger partial charge in [-0.05, 0) is 13.0 Å². The molecule has 1 rings (SSSR count). The number of ether oxygens (including phenoxy) is 1. The Hall–Kier alpha value is -0.840. The van der Waals surface area contributed by atoms with Crippen molar-refractivity contribution < 1.29 is 9.53 Å². The van der Waals surface area contributed by atoms with Gasteiger partial charge in [-0.25, -0.2) is 0 Å². The van der Waals surface area contributed by atoms with Crippen molar-refractivity contribution in [2.24, 2.45) is 5.73 Å². The molecule has 1 heterocycles. The van der Waals surface area contributed by atoms with Gasteiger partial charge in [-0.1, -0.05) is 6.07 Å². The number of carbonyl (C=O) groups excluding carboxylic acids is 1. The van der Waals surface area contributed by atoms with Crippen LogP contribution in [0.4, 0.5) is 0 Å². The minimum atomic E-state index is -0.573. The lowest BCUT2D eigenvalue weighted by molar-refractivity contribution is -0.146. The smallest absolute Gasteiger partial charge is 0.322 e. The maximum absolute atomic E-state index is 10.9. The summed E-state index contributed by atoms with van der Waals surface area (Å²) in [5.41, 5.74) is 6.17. The van der Waals surface area contributed by atoms with Crippen molar-refractivity contribution in [1.82, 2.24) is 4.98 Å². The molecule has 0 radical (unpaired) electrons. The van der Waals surface area contributed by atoms with Crippen LogP contribution in [-0.2, 0) is 16.1 Å². The van der Waals surface area contributed by atoms with Crippen molar-refractivity contribution in [3.05, 3.63) is 30.1 Å². The predicted octanol–water partition coefficient (Wildman–Crippen LogP) is 1.32. The molecule has 0 unspecified atom stereocenters. The number of rotatable bonds is 3. The maximum atomic E-state index is 10.9. The van der Waals surface area contributed by atoms with Gasteiger partial charge < -0.3 is 10.5 Å². The third-order valence-corrected chi connectivity index (χ3v) is 1.48. The van der Waals surface area contributed by atoms with E-state index in [4.69, 9.17) is 10.5 Å². The summed E-state index contributed by atoms with van der Waals surface area (Å²) in [7, 11) is 0. The number of carbonyl (C=O) groups is 1. The molecule has 0 aliphatic heterocycles. The summed E-state index contributed by atoms with van der Waals surface area (Å²) in [6.07, 6.45) is 3.31. The highest BCUT2D eigenvalue weighted by Crippen LogP contribution is 1.98. The molecule has 0 amide bonds. The highest BCUT2D eigenvalue weighted by Gasteiger charge is 2.07. The zero-order valence-corrected chi connectivity index (χ0v) is 9.88. The summed E-state index contributed by atoms with van der Waals surface area (Å²) < 4.78 is 4.89. The summed E-state index contributed by atoms with van der Waals surface area (Å²) in [5.74, 6) is -0.399. The summed E-state index contributed by atoms with van der Waals surface area (Å²) in [6.45, 7) is 1.82. The van der Waals surface area contributed by atoms with Crippen molar-refractivity contribution in [3.8, 4) is 0 Å². The van der Waals surface area contributed by atoms with Crippen LogP contribution in [0.25, 0.3) is 0 Å². The number of esters is 1. The monoisotopic (exact) mass is 252 g/mol. The lowest BCUT2D eigenvalue weighted by atomic mass is 10.3. The second-order valence-corrected chi connectivity index (χ2v) is 2.76. The Bertz CT molecular complexity index is 281. The van der Waals surface area contributed by atoms with Crippen molar-refractivity contribution >= 4 is 30.8 Å². The lowest BCUT2D eigenvalue weighted by Gasteiger charge is -2.06. The van der Waals surface area contributed by atoms with Gasteiger partial charge in [0.25, 0.3) is 0 Å². The van der Waals surface area contributed by atoms with Gasteiger partial charge in [-0.3, -0.25) is 9.78 Å². The highest BCUT2D eigenvalue weighted by molar-refractivity contribution is 5.85. The maximum Gasteiger partial charge on any atom is 0.322 e. The molecule has 1 atom stereocenters. The van der Waals surface area contributed by atoms with E-state index in [2.05, 4.69) is 4.98 Å². The van der Waals surface area contributed by atoms with Crippen LogP contribution in [0.2, 0.25) is 0 Å². The zero-order chi connectivity index (χ0) is 9.68. The first-order chi connectivity index (χ1) is 6.20. The van der Waals surface area contributed by atoms with E-state index in [0.29, 0.717) is 0 Å². The van der Waals surface area contributed by atoms with Gasteiger partial charge >= 0.3 is 5.97 Å². The summed E-state index contributed by atoms with van der Waals surface area (Å²) in [5, 5.41) is 0. The van der Waals surface area contributed by atoms with E-state index in [9.17, 15) is 4.79 Å². The van der Waals surface area contributed by atoms with E-state index in [1.54, 1.807) is 25.4 Å². The van der Waals surface area contributed by atoms with Gasteiger partial charge in [0, 0.05) is 18.0 Å². The molecule has 86 valence electrons. The fourth-order valence-corrected chi connectivity index (χ4v) is 0.769. The molecular formula is C9H14Cl2N2O2. The van der Waals surface area contributed by atoms with Crippen LogP contribution < -0.4 is 5.73 Å². The fraction of sp³-hybridized carbons (Fsp3) is 0.333. The Labute approximate surface area is 101 Å². The first-order valence-electron chi connectivity index (χ1n) is 4.01. The minimum absolute atomic E-state index is 0. The topological polar surface area (TPSA) is 65.2 Å². The number of halogens is 2. The SMILES string of the molecule is C[C@H](N)C(=O)OCc1cccnc1.Cl.Cl. The van der Waals surface area contributed by atoms with Gasteiger partial charge in [0.1, 0.15) is 12.6 Å². The van der Waals surface area contributed by atoms with Gasteiger partial charge in [0.05, 0.1) is 0 Å². The second-order valence-electron chi connectivity index (χ2n) is 2.76. The molecule has 0 fully saturated rings. The quantitative estimate of drug-likeness (QED) is 0.825. The third-order valence-electron chi connectivity index (χ3n) is 1.48. The van der Waals surface area contributed by atoms with E-state index in [-0.39, 0.29) is 31.4 Å². The van der Waals surface area contributed by atoms with Crippen molar-refractivity contribution in [1.29, 1.82) is 0 Å². The van der Waals surface area contributed by atoms with Crippen molar-refractivity contribution in [3.63, 3.8) is 0 Å². The highest BCUT2D eigenvalue weighted by atomic mass is 35.5. The van der Waals surface area contributed by atoms with E-state index < -0.39 is 12.0 Å². The molecule has 0 saturated heterocycles. The molecule has 0 saturated carbocycles. The summed E-state index contributed by atoms with van der Waals surface area (Å²) >= 11 is 0. The average molecular weight is 253 g/mol. The molecule has 2 N–H and O–H groups in total. The minimum Gasteiger partial charge on any atom is -0.460 e. The van der Waals surface area contributed by atoms with E-state index in [1.807, 2.05) is 6.07 Å². The number of nitrogens with two attached hydrogens (primary N) is 1. The van der Waals surface area contributed by atoms with Gasteiger partial charge in [-0.2, -0.15) is 0 Å². The van der Waals surface area contributed by atoms with Crippen LogP contribution in [0, 0.1) is 0 Å².